The molecule has 1 N–H and O–H groups in total. The molecular formula is C140H328O3. The molecule has 0 bridgehead atoms. The van der Waals surface area contributed by atoms with E-state index in [1.165, 1.54) is 180 Å². The van der Waals surface area contributed by atoms with Crippen molar-refractivity contribution in [3.8, 4) is 0 Å². The Bertz CT molecular complexity index is 1640. The molecule has 1 heterocycles. The van der Waals surface area contributed by atoms with E-state index in [0.29, 0.717) is 34.7 Å². The van der Waals surface area contributed by atoms with E-state index in [0.717, 1.165) is 156 Å². The smallest absolute Gasteiger partial charge is 0.0596 e. The highest BCUT2D eigenvalue weighted by Crippen LogP contribution is 2.56. The Morgan fingerprint density at radius 2 is 0.441 bits per heavy atom. The summed E-state index contributed by atoms with van der Waals surface area (Å²) in [5, 5.41) is 9.39. The Balaban J connectivity index is -0.0000000477. The molecule has 1 saturated heterocycles. The lowest BCUT2D eigenvalue weighted by Crippen LogP contribution is -2.47. The maximum absolute atomic E-state index is 9.39. The highest BCUT2D eigenvalue weighted by Gasteiger charge is 2.45. The first-order chi connectivity index (χ1) is 65.7. The molecule has 3 heteroatoms. The molecule has 0 amide bonds. The Hall–Kier alpha value is -0.120. The van der Waals surface area contributed by atoms with E-state index in [9.17, 15) is 5.11 Å². The summed E-state index contributed by atoms with van der Waals surface area (Å²) in [6.07, 6.45) is 38.7. The van der Waals surface area contributed by atoms with Gasteiger partial charge in [-0.25, -0.2) is 0 Å². The third-order valence-corrected chi connectivity index (χ3v) is 21.5. The van der Waals surface area contributed by atoms with Gasteiger partial charge < -0.3 is 14.6 Å². The Kier molecular flexibility index (Phi) is 238. The fraction of sp³-hybridized carbons (Fsp3) is 1.00. The van der Waals surface area contributed by atoms with E-state index in [4.69, 9.17) is 9.47 Å². The SMILES string of the molecule is CC(C)C(C)C(C)C(C)C.CC(C)C1CC(C(C)C)C1.CC(C)CC(C)(C)C(C)C.CC(C)CC(C)C(C)C.CC(C)CC(C)C(C)C.CC(C)CC(O)CC(C)C.CC(C)CC1(C(C)C)CC1.CC(C)CC1(C(C)C)COC1.CCC.CCC.CCC.CCC.CCC.CCC.CCC.CCC.CCC.CCC.CCC.CCC.CCC.CCC.CCC.CCC.CCC.CCC.COC(CC(C)C)C(C)C. The monoisotopic (exact) mass is 2060 g/mol. The molecule has 3 fully saturated rings. The topological polar surface area (TPSA) is 38.7 Å². The molecule has 2 saturated carbocycles. The second kappa shape index (κ2) is 167. The summed E-state index contributed by atoms with van der Waals surface area (Å²) in [5.74, 6) is 20.2. The first-order valence-electron chi connectivity index (χ1n) is 64.5. The summed E-state index contributed by atoms with van der Waals surface area (Å²) in [6, 6.07) is 0. The van der Waals surface area contributed by atoms with Crippen molar-refractivity contribution in [1.29, 1.82) is 0 Å². The summed E-state index contributed by atoms with van der Waals surface area (Å²) in [4.78, 5) is 0. The minimum absolute atomic E-state index is 0.0833. The molecule has 0 radical (unpaired) electrons. The largest absolute Gasteiger partial charge is 0.393 e. The molecule has 0 aromatic heterocycles. The van der Waals surface area contributed by atoms with Crippen LogP contribution in [0.1, 0.15) is 733 Å². The molecule has 0 aromatic rings. The molecule has 3 rings (SSSR count). The summed E-state index contributed by atoms with van der Waals surface area (Å²) in [6.45, 7) is 175. The Morgan fingerprint density at radius 1 is 0.252 bits per heavy atom. The van der Waals surface area contributed by atoms with Crippen molar-refractivity contribution < 1.29 is 14.6 Å². The van der Waals surface area contributed by atoms with Gasteiger partial charge in [0.1, 0.15) is 0 Å². The highest BCUT2D eigenvalue weighted by atomic mass is 16.5. The van der Waals surface area contributed by atoms with Crippen LogP contribution in [0.2, 0.25) is 0 Å². The molecule has 906 valence electrons. The van der Waals surface area contributed by atoms with Crippen LogP contribution in [0.15, 0.2) is 0 Å². The zero-order valence-electron chi connectivity index (χ0n) is 119. The summed E-state index contributed by atoms with van der Waals surface area (Å²) < 4.78 is 10.6. The molecular weight excluding hydrogens is 1730 g/mol. The van der Waals surface area contributed by atoms with Crippen LogP contribution in [0.3, 0.4) is 0 Å². The van der Waals surface area contributed by atoms with Gasteiger partial charge in [0.25, 0.3) is 0 Å². The molecule has 0 aromatic carbocycles. The third kappa shape index (κ3) is 239. The molecule has 5 unspecified atom stereocenters. The van der Waals surface area contributed by atoms with Gasteiger partial charge in [0.15, 0.2) is 0 Å². The first-order valence-corrected chi connectivity index (χ1v) is 64.5. The minimum Gasteiger partial charge on any atom is -0.393 e. The lowest BCUT2D eigenvalue weighted by atomic mass is 9.65. The Labute approximate surface area is 932 Å². The predicted molar refractivity (Wildman–Crippen MR) is 700 cm³/mol. The summed E-state index contributed by atoms with van der Waals surface area (Å²) in [5.41, 5.74) is 1.82. The number of methoxy groups -OCH3 is 1. The van der Waals surface area contributed by atoms with Crippen molar-refractivity contribution in [3.63, 3.8) is 0 Å². The van der Waals surface area contributed by atoms with Crippen LogP contribution < -0.4 is 0 Å². The van der Waals surface area contributed by atoms with Crippen LogP contribution in [0, 0.1) is 158 Å². The van der Waals surface area contributed by atoms with E-state index < -0.39 is 0 Å². The number of rotatable bonds is 28. The molecule has 5 atom stereocenters. The predicted octanol–water partition coefficient (Wildman–Crippen LogP) is 54.1. The van der Waals surface area contributed by atoms with E-state index in [1.54, 1.807) is 7.11 Å². The van der Waals surface area contributed by atoms with Crippen LogP contribution in [0.25, 0.3) is 0 Å². The molecule has 3 aliphatic rings. The average Bonchev–Trinajstić information content (AvgIpc) is 1.71. The summed E-state index contributed by atoms with van der Waals surface area (Å²) >= 11 is 0. The van der Waals surface area contributed by atoms with Crippen LogP contribution in [0.4, 0.5) is 0 Å². The van der Waals surface area contributed by atoms with Gasteiger partial charge in [-0.15, -0.1) is 0 Å². The van der Waals surface area contributed by atoms with E-state index in [1.807, 2.05) is 0 Å². The molecule has 2 aliphatic carbocycles. The van der Waals surface area contributed by atoms with Crippen LogP contribution in [-0.4, -0.2) is 37.6 Å². The number of aliphatic hydroxyl groups excluding tert-OH is 1. The maximum atomic E-state index is 9.39. The second-order valence-corrected chi connectivity index (χ2v) is 50.6. The number of hydrogen-bond acceptors (Lipinski definition) is 3. The van der Waals surface area contributed by atoms with Gasteiger partial charge in [-0.2, -0.15) is 0 Å². The van der Waals surface area contributed by atoms with Gasteiger partial charge in [0.2, 0.25) is 0 Å². The minimum atomic E-state index is -0.0833. The number of hydrogen-bond donors (Lipinski definition) is 1. The van der Waals surface area contributed by atoms with E-state index in [2.05, 4.69) is 540 Å². The van der Waals surface area contributed by atoms with E-state index >= 15 is 0 Å². The fourth-order valence-corrected chi connectivity index (χ4v) is 12.5. The Morgan fingerprint density at radius 3 is 0.510 bits per heavy atom. The van der Waals surface area contributed by atoms with Crippen molar-refractivity contribution in [2.45, 2.75) is 745 Å². The van der Waals surface area contributed by atoms with Gasteiger partial charge in [-0.1, -0.05) is 656 Å². The van der Waals surface area contributed by atoms with Crippen molar-refractivity contribution in [2.24, 2.45) is 158 Å². The van der Waals surface area contributed by atoms with Gasteiger partial charge in [-0.3, -0.25) is 0 Å². The van der Waals surface area contributed by atoms with Crippen molar-refractivity contribution in [2.75, 3.05) is 20.3 Å². The molecule has 1 aliphatic heterocycles. The lowest BCUT2D eigenvalue weighted by molar-refractivity contribution is -0.148. The van der Waals surface area contributed by atoms with Crippen molar-refractivity contribution in [3.05, 3.63) is 0 Å². The third-order valence-electron chi connectivity index (χ3n) is 21.5. The van der Waals surface area contributed by atoms with Crippen LogP contribution in [0.5, 0.6) is 0 Å². The first kappa shape index (κ1) is 204. The molecule has 0 spiro atoms. The average molecular weight is 2060 g/mol. The van der Waals surface area contributed by atoms with Crippen LogP contribution in [-0.2, 0) is 9.47 Å². The molecule has 143 heavy (non-hydrogen) atoms. The highest BCUT2D eigenvalue weighted by molar-refractivity contribution is 4.96. The zero-order chi connectivity index (χ0) is 121. The zero-order valence-corrected chi connectivity index (χ0v) is 119. The maximum Gasteiger partial charge on any atom is 0.0596 e. The normalized spacial score (nSPS) is 13.8. The van der Waals surface area contributed by atoms with Gasteiger partial charge in [0.05, 0.1) is 25.4 Å². The lowest BCUT2D eigenvalue weighted by Gasteiger charge is -2.46. The van der Waals surface area contributed by atoms with E-state index in [-0.39, 0.29) is 6.10 Å². The summed E-state index contributed by atoms with van der Waals surface area (Å²) in [7, 11) is 1.80. The number of aliphatic hydroxyl groups is 1. The van der Waals surface area contributed by atoms with Gasteiger partial charge in [0, 0.05) is 12.5 Å². The second-order valence-electron chi connectivity index (χ2n) is 50.6. The van der Waals surface area contributed by atoms with Crippen LogP contribution >= 0.6 is 0 Å². The standard InChI is InChI=1S/C10H20O.2C10H20.2C10H22.2C9H20O.2C9H20.18C3H8/c1-8(2)5-10(9(3)4)6-11-7-10;1-7(2)9-5-10(6-9)8(3)4;1-8(2)7-10(5-6-10)9(3)4;1-8(2)7-10(5,6)9(3)4;1-7(2)9(5)10(6)8(3)4;1-7(2)6-9(10-5)8(3)4;1-7(2)5-9(10)6-8(3)4;2*1-7(2)6-9(5)8(3)4;18*1-3-2/h8-9H,5-7H2,1-4H3;7-10H,5-6H2,1-4H3;8-9H,5-7H2,1-4H3;8-9H,7H2,1-6H3;7-10H,1-6H3;7-9H,6H2,1-5H3;7-10H,5-6H2,1-4H3;2*7-9H,6H2,1-5H3;18*3H2,1-2H3. The quantitative estimate of drug-likeness (QED) is 0.0848. The fourth-order valence-electron chi connectivity index (χ4n) is 12.5. The van der Waals surface area contributed by atoms with Crippen molar-refractivity contribution in [1.82, 2.24) is 0 Å². The van der Waals surface area contributed by atoms with Gasteiger partial charge in [-0.05, 0) is 230 Å². The van der Waals surface area contributed by atoms with Crippen molar-refractivity contribution >= 4 is 0 Å². The van der Waals surface area contributed by atoms with Gasteiger partial charge >= 0.3 is 0 Å². The number of ether oxygens (including phenoxy) is 2. The molecule has 3 nitrogen and oxygen atoms in total.